The van der Waals surface area contributed by atoms with Gasteiger partial charge in [-0.3, -0.25) is 9.78 Å². The second-order valence-electron chi connectivity index (χ2n) is 4.36. The molecule has 0 bridgehead atoms. The fourth-order valence-electron chi connectivity index (χ4n) is 2.06. The third kappa shape index (κ3) is 2.18. The topological polar surface area (TPSA) is 56.0 Å². The van der Waals surface area contributed by atoms with Gasteiger partial charge >= 0.3 is 0 Å². The molecule has 3 nitrogen and oxygen atoms in total. The van der Waals surface area contributed by atoms with Gasteiger partial charge in [0.2, 0.25) is 5.91 Å². The van der Waals surface area contributed by atoms with Crippen molar-refractivity contribution >= 4 is 16.8 Å². The average Bonchev–Trinajstić information content (AvgIpc) is 2.47. The van der Waals surface area contributed by atoms with E-state index in [4.69, 9.17) is 5.73 Å². The predicted molar refractivity (Wildman–Crippen MR) is 75.7 cm³/mol. The van der Waals surface area contributed by atoms with Gasteiger partial charge in [0.25, 0.3) is 0 Å². The van der Waals surface area contributed by atoms with Crippen molar-refractivity contribution in [3.05, 3.63) is 66.4 Å². The summed E-state index contributed by atoms with van der Waals surface area (Å²) in [4.78, 5) is 15.5. The summed E-state index contributed by atoms with van der Waals surface area (Å²) in [7, 11) is 0. The highest BCUT2D eigenvalue weighted by Crippen LogP contribution is 2.22. The summed E-state index contributed by atoms with van der Waals surface area (Å²) in [5.41, 5.74) is 8.75. The molecular formula is C16H12N2O. The van der Waals surface area contributed by atoms with Gasteiger partial charge in [0, 0.05) is 22.7 Å². The van der Waals surface area contributed by atoms with E-state index in [1.807, 2.05) is 42.6 Å². The van der Waals surface area contributed by atoms with Crippen molar-refractivity contribution in [2.24, 2.45) is 5.73 Å². The first-order chi connectivity index (χ1) is 9.24. The molecule has 0 unspecified atom stereocenters. The number of aromatic nitrogens is 1. The van der Waals surface area contributed by atoms with E-state index in [0.717, 1.165) is 22.0 Å². The Hall–Kier alpha value is -2.68. The van der Waals surface area contributed by atoms with Gasteiger partial charge in [-0.2, -0.15) is 0 Å². The number of hydrogen-bond donors (Lipinski definition) is 1. The number of carbonyl (C=O) groups is 1. The van der Waals surface area contributed by atoms with Gasteiger partial charge in [-0.25, -0.2) is 0 Å². The second-order valence-corrected chi connectivity index (χ2v) is 4.36. The predicted octanol–water partition coefficient (Wildman–Crippen LogP) is 3.00. The summed E-state index contributed by atoms with van der Waals surface area (Å²) in [5, 5.41) is 1.10. The highest BCUT2D eigenvalue weighted by molar-refractivity contribution is 5.93. The zero-order chi connectivity index (χ0) is 13.2. The van der Waals surface area contributed by atoms with E-state index in [9.17, 15) is 4.79 Å². The van der Waals surface area contributed by atoms with E-state index in [1.165, 1.54) is 0 Å². The minimum absolute atomic E-state index is 0.414. The van der Waals surface area contributed by atoms with Crippen molar-refractivity contribution in [1.29, 1.82) is 0 Å². The number of amides is 1. The van der Waals surface area contributed by atoms with E-state index >= 15 is 0 Å². The molecule has 0 atom stereocenters. The Kier molecular flexibility index (Phi) is 2.72. The Bertz CT molecular complexity index is 748. The molecule has 3 rings (SSSR count). The minimum Gasteiger partial charge on any atom is -0.366 e. The van der Waals surface area contributed by atoms with Gasteiger partial charge in [0.15, 0.2) is 0 Å². The highest BCUT2D eigenvalue weighted by atomic mass is 16.1. The maximum atomic E-state index is 11.0. The van der Waals surface area contributed by atoms with Crippen molar-refractivity contribution in [3.8, 4) is 11.1 Å². The molecule has 0 saturated heterocycles. The Morgan fingerprint density at radius 3 is 2.42 bits per heavy atom. The molecular weight excluding hydrogens is 236 g/mol. The fraction of sp³-hybridized carbons (Fsp3) is 0. The standard InChI is InChI=1S/C16H12N2O/c17-16(19)12-7-5-11(6-8-12)14-9-13-3-1-2-4-15(13)18-10-14/h1-10H,(H2,17,19). The van der Waals surface area contributed by atoms with Crippen LogP contribution in [0.5, 0.6) is 0 Å². The van der Waals surface area contributed by atoms with Gasteiger partial charge in [0.1, 0.15) is 0 Å². The van der Waals surface area contributed by atoms with E-state index in [0.29, 0.717) is 5.56 Å². The lowest BCUT2D eigenvalue weighted by atomic mass is 10.0. The lowest BCUT2D eigenvalue weighted by Crippen LogP contribution is -2.10. The van der Waals surface area contributed by atoms with E-state index in [2.05, 4.69) is 11.1 Å². The smallest absolute Gasteiger partial charge is 0.248 e. The number of rotatable bonds is 2. The summed E-state index contributed by atoms with van der Waals surface area (Å²) in [5.74, 6) is -0.414. The summed E-state index contributed by atoms with van der Waals surface area (Å²) in [6.45, 7) is 0. The third-order valence-electron chi connectivity index (χ3n) is 3.09. The van der Waals surface area contributed by atoms with Gasteiger partial charge in [-0.05, 0) is 29.8 Å². The maximum Gasteiger partial charge on any atom is 0.248 e. The zero-order valence-electron chi connectivity index (χ0n) is 10.2. The molecule has 92 valence electrons. The van der Waals surface area contributed by atoms with Crippen molar-refractivity contribution in [3.63, 3.8) is 0 Å². The van der Waals surface area contributed by atoms with Crippen molar-refractivity contribution < 1.29 is 4.79 Å². The summed E-state index contributed by atoms with van der Waals surface area (Å²) in [6, 6.07) is 17.3. The number of nitrogens with two attached hydrogens (primary N) is 1. The number of fused-ring (bicyclic) bond motifs is 1. The van der Waals surface area contributed by atoms with Crippen LogP contribution in [-0.4, -0.2) is 10.9 Å². The molecule has 3 heteroatoms. The molecule has 0 spiro atoms. The molecule has 0 radical (unpaired) electrons. The van der Waals surface area contributed by atoms with Crippen LogP contribution in [0.4, 0.5) is 0 Å². The minimum atomic E-state index is -0.414. The van der Waals surface area contributed by atoms with Crippen LogP contribution in [0.15, 0.2) is 60.8 Å². The van der Waals surface area contributed by atoms with Crippen LogP contribution in [0.2, 0.25) is 0 Å². The molecule has 0 aliphatic rings. The van der Waals surface area contributed by atoms with Crippen LogP contribution in [0.1, 0.15) is 10.4 Å². The molecule has 1 amide bonds. The number of primary amides is 1. The first-order valence-electron chi connectivity index (χ1n) is 5.99. The van der Waals surface area contributed by atoms with Gasteiger partial charge in [-0.1, -0.05) is 30.3 Å². The number of nitrogens with zero attached hydrogens (tertiary/aromatic N) is 1. The Balaban J connectivity index is 2.06. The number of carbonyl (C=O) groups excluding carboxylic acids is 1. The van der Waals surface area contributed by atoms with Crippen LogP contribution >= 0.6 is 0 Å². The summed E-state index contributed by atoms with van der Waals surface area (Å²) < 4.78 is 0. The van der Waals surface area contributed by atoms with Crippen LogP contribution < -0.4 is 5.73 Å². The van der Waals surface area contributed by atoms with E-state index < -0.39 is 5.91 Å². The van der Waals surface area contributed by atoms with Crippen molar-refractivity contribution in [2.45, 2.75) is 0 Å². The van der Waals surface area contributed by atoms with Gasteiger partial charge < -0.3 is 5.73 Å². The zero-order valence-corrected chi connectivity index (χ0v) is 10.2. The molecule has 1 aromatic heterocycles. The maximum absolute atomic E-state index is 11.0. The molecule has 19 heavy (non-hydrogen) atoms. The van der Waals surface area contributed by atoms with Crippen LogP contribution in [0.3, 0.4) is 0 Å². The molecule has 1 heterocycles. The molecule has 0 aliphatic carbocycles. The van der Waals surface area contributed by atoms with E-state index in [-0.39, 0.29) is 0 Å². The number of hydrogen-bond acceptors (Lipinski definition) is 2. The van der Waals surface area contributed by atoms with Crippen molar-refractivity contribution in [2.75, 3.05) is 0 Å². The summed E-state index contributed by atoms with van der Waals surface area (Å²) in [6.07, 6.45) is 1.83. The van der Waals surface area contributed by atoms with Crippen LogP contribution in [0.25, 0.3) is 22.0 Å². The molecule has 2 aromatic carbocycles. The van der Waals surface area contributed by atoms with Gasteiger partial charge in [0.05, 0.1) is 5.52 Å². The Morgan fingerprint density at radius 1 is 0.947 bits per heavy atom. The molecule has 0 fully saturated rings. The highest BCUT2D eigenvalue weighted by Gasteiger charge is 2.03. The van der Waals surface area contributed by atoms with Gasteiger partial charge in [-0.15, -0.1) is 0 Å². The normalized spacial score (nSPS) is 10.5. The Labute approximate surface area is 110 Å². The second kappa shape index (κ2) is 4.53. The van der Waals surface area contributed by atoms with Crippen molar-refractivity contribution in [1.82, 2.24) is 4.98 Å². The first kappa shape index (κ1) is 11.4. The average molecular weight is 248 g/mol. The monoisotopic (exact) mass is 248 g/mol. The molecule has 3 aromatic rings. The summed E-state index contributed by atoms with van der Waals surface area (Å²) >= 11 is 0. The SMILES string of the molecule is NC(=O)c1ccc(-c2cnc3ccccc3c2)cc1. The lowest BCUT2D eigenvalue weighted by Gasteiger charge is -2.04. The first-order valence-corrected chi connectivity index (χ1v) is 5.99. The lowest BCUT2D eigenvalue weighted by molar-refractivity contribution is 0.100. The quantitative estimate of drug-likeness (QED) is 0.758. The number of pyridine rings is 1. The molecule has 0 saturated carbocycles. The third-order valence-corrected chi connectivity index (χ3v) is 3.09. The largest absolute Gasteiger partial charge is 0.366 e. The molecule has 2 N–H and O–H groups in total. The fourth-order valence-corrected chi connectivity index (χ4v) is 2.06. The Morgan fingerprint density at radius 2 is 1.68 bits per heavy atom. The number of para-hydroxylation sites is 1. The molecule has 0 aliphatic heterocycles. The number of benzene rings is 2. The van der Waals surface area contributed by atoms with Crippen LogP contribution in [0, 0.1) is 0 Å². The van der Waals surface area contributed by atoms with E-state index in [1.54, 1.807) is 12.1 Å². The van der Waals surface area contributed by atoms with Crippen LogP contribution in [-0.2, 0) is 0 Å².